The minimum atomic E-state index is -0.0237. The Morgan fingerprint density at radius 2 is 1.68 bits per heavy atom. The first-order chi connectivity index (χ1) is 13.7. The lowest BCUT2D eigenvalue weighted by Gasteiger charge is -2.24. The van der Waals surface area contributed by atoms with Crippen LogP contribution in [0.5, 0.6) is 5.75 Å². The number of carbonyl (C=O) groups excluding carboxylic acids is 1. The molecule has 3 aromatic carbocycles. The Morgan fingerprint density at radius 1 is 0.964 bits per heavy atom. The molecule has 144 valence electrons. The molecule has 28 heavy (non-hydrogen) atoms. The van der Waals surface area contributed by atoms with Gasteiger partial charge in [-0.05, 0) is 47.4 Å². The summed E-state index contributed by atoms with van der Waals surface area (Å²) in [7, 11) is 1.84. The van der Waals surface area contributed by atoms with E-state index in [0.717, 1.165) is 29.6 Å². The predicted molar refractivity (Wildman–Crippen MR) is 114 cm³/mol. The second kappa shape index (κ2) is 8.34. The number of hydrogen-bond acceptors (Lipinski definition) is 3. The summed E-state index contributed by atoms with van der Waals surface area (Å²) in [4.78, 5) is 16.8. The Morgan fingerprint density at radius 3 is 2.50 bits per heavy atom. The number of nitrogens with zero attached hydrogens (tertiary/aromatic N) is 2. The Kier molecular flexibility index (Phi) is 5.47. The molecular formula is C24H26N2O2. The lowest BCUT2D eigenvalue weighted by atomic mass is 10.1. The largest absolute Gasteiger partial charge is 0.484 e. The maximum atomic E-state index is 12.6. The molecule has 1 fully saturated rings. The number of fused-ring (bicyclic) bond motifs is 1. The van der Waals surface area contributed by atoms with Crippen LogP contribution in [-0.4, -0.2) is 37.6 Å². The number of rotatable bonds is 6. The number of hydrogen-bond donors (Lipinski definition) is 0. The SMILES string of the molecule is CN(Cc1ccccc1N1CCCC1)C(=O)COc1ccc2ccccc2c1. The Balaban J connectivity index is 1.38. The molecule has 4 heteroatoms. The van der Waals surface area contributed by atoms with E-state index >= 15 is 0 Å². The first kappa shape index (κ1) is 18.4. The van der Waals surface area contributed by atoms with Gasteiger partial charge in [0, 0.05) is 32.4 Å². The minimum absolute atomic E-state index is 0.0237. The van der Waals surface area contributed by atoms with Gasteiger partial charge < -0.3 is 14.5 Å². The second-order valence-corrected chi connectivity index (χ2v) is 7.37. The molecule has 0 radical (unpaired) electrons. The molecule has 0 aliphatic carbocycles. The van der Waals surface area contributed by atoms with E-state index in [1.807, 2.05) is 49.5 Å². The van der Waals surface area contributed by atoms with E-state index in [4.69, 9.17) is 4.74 Å². The summed E-state index contributed by atoms with van der Waals surface area (Å²) in [6.45, 7) is 2.83. The van der Waals surface area contributed by atoms with Crippen LogP contribution in [0.1, 0.15) is 18.4 Å². The standard InChI is InChI=1S/C24H26N2O2/c1-25(17-21-10-4-5-11-23(21)26-14-6-7-15-26)24(27)18-28-22-13-12-19-8-2-3-9-20(19)16-22/h2-5,8-13,16H,6-7,14-15,17-18H2,1H3. The first-order valence-electron chi connectivity index (χ1n) is 9.89. The van der Waals surface area contributed by atoms with Crippen LogP contribution >= 0.6 is 0 Å². The van der Waals surface area contributed by atoms with Gasteiger partial charge in [0.1, 0.15) is 5.75 Å². The summed E-state index contributed by atoms with van der Waals surface area (Å²) in [6, 6.07) is 22.4. The van der Waals surface area contributed by atoms with Crippen LogP contribution in [0.4, 0.5) is 5.69 Å². The minimum Gasteiger partial charge on any atom is -0.484 e. The number of anilines is 1. The summed E-state index contributed by atoms with van der Waals surface area (Å²) in [5.41, 5.74) is 2.43. The van der Waals surface area contributed by atoms with Gasteiger partial charge in [0.25, 0.3) is 5.91 Å². The van der Waals surface area contributed by atoms with Crippen LogP contribution in [-0.2, 0) is 11.3 Å². The highest BCUT2D eigenvalue weighted by Gasteiger charge is 2.18. The highest BCUT2D eigenvalue weighted by atomic mass is 16.5. The smallest absolute Gasteiger partial charge is 0.260 e. The van der Waals surface area contributed by atoms with E-state index in [1.54, 1.807) is 4.90 Å². The Labute approximate surface area is 166 Å². The summed E-state index contributed by atoms with van der Waals surface area (Å²) in [5.74, 6) is 0.697. The highest BCUT2D eigenvalue weighted by Crippen LogP contribution is 2.25. The van der Waals surface area contributed by atoms with Gasteiger partial charge >= 0.3 is 0 Å². The number of amides is 1. The van der Waals surface area contributed by atoms with Crippen LogP contribution in [0, 0.1) is 0 Å². The molecule has 1 saturated heterocycles. The Bertz CT molecular complexity index is 963. The van der Waals surface area contributed by atoms with E-state index in [0.29, 0.717) is 6.54 Å². The predicted octanol–water partition coefficient (Wildman–Crippen LogP) is 4.48. The molecule has 0 atom stereocenters. The summed E-state index contributed by atoms with van der Waals surface area (Å²) < 4.78 is 5.76. The van der Waals surface area contributed by atoms with Crippen molar-refractivity contribution in [2.24, 2.45) is 0 Å². The van der Waals surface area contributed by atoms with Crippen molar-refractivity contribution in [1.29, 1.82) is 0 Å². The van der Waals surface area contributed by atoms with Crippen molar-refractivity contribution in [2.45, 2.75) is 19.4 Å². The van der Waals surface area contributed by atoms with Crippen molar-refractivity contribution >= 4 is 22.4 Å². The molecule has 4 rings (SSSR count). The van der Waals surface area contributed by atoms with E-state index in [-0.39, 0.29) is 12.5 Å². The topological polar surface area (TPSA) is 32.8 Å². The normalized spacial score (nSPS) is 13.7. The van der Waals surface area contributed by atoms with E-state index < -0.39 is 0 Å². The molecule has 0 bridgehead atoms. The first-order valence-corrected chi connectivity index (χ1v) is 9.89. The fourth-order valence-corrected chi connectivity index (χ4v) is 3.77. The van der Waals surface area contributed by atoms with Gasteiger partial charge in [-0.25, -0.2) is 0 Å². The van der Waals surface area contributed by atoms with E-state index in [1.165, 1.54) is 24.1 Å². The molecule has 1 aliphatic heterocycles. The van der Waals surface area contributed by atoms with Crippen molar-refractivity contribution in [2.75, 3.05) is 31.6 Å². The van der Waals surface area contributed by atoms with Crippen molar-refractivity contribution < 1.29 is 9.53 Å². The zero-order valence-electron chi connectivity index (χ0n) is 16.3. The molecule has 3 aromatic rings. The fraction of sp³-hybridized carbons (Fsp3) is 0.292. The average Bonchev–Trinajstić information content (AvgIpc) is 3.27. The van der Waals surface area contributed by atoms with Gasteiger partial charge in [-0.15, -0.1) is 0 Å². The number of para-hydroxylation sites is 1. The monoisotopic (exact) mass is 374 g/mol. The summed E-state index contributed by atoms with van der Waals surface area (Å²) >= 11 is 0. The summed E-state index contributed by atoms with van der Waals surface area (Å²) in [5, 5.41) is 2.28. The van der Waals surface area contributed by atoms with Crippen LogP contribution in [0.15, 0.2) is 66.7 Å². The molecular weight excluding hydrogens is 348 g/mol. The van der Waals surface area contributed by atoms with Crippen LogP contribution < -0.4 is 9.64 Å². The van der Waals surface area contributed by atoms with E-state index in [2.05, 4.69) is 29.2 Å². The average molecular weight is 374 g/mol. The van der Waals surface area contributed by atoms with Crippen molar-refractivity contribution in [3.8, 4) is 5.75 Å². The second-order valence-electron chi connectivity index (χ2n) is 7.37. The molecule has 0 aromatic heterocycles. The highest BCUT2D eigenvalue weighted by molar-refractivity contribution is 5.84. The third-order valence-electron chi connectivity index (χ3n) is 5.35. The molecule has 1 amide bonds. The molecule has 1 heterocycles. The van der Waals surface area contributed by atoms with Crippen molar-refractivity contribution in [3.63, 3.8) is 0 Å². The lowest BCUT2D eigenvalue weighted by molar-refractivity contribution is -0.132. The van der Waals surface area contributed by atoms with Gasteiger partial charge in [-0.3, -0.25) is 4.79 Å². The maximum absolute atomic E-state index is 12.6. The zero-order valence-corrected chi connectivity index (χ0v) is 16.3. The van der Waals surface area contributed by atoms with Crippen molar-refractivity contribution in [3.05, 3.63) is 72.3 Å². The molecule has 0 spiro atoms. The van der Waals surface area contributed by atoms with Gasteiger partial charge in [-0.1, -0.05) is 48.5 Å². The van der Waals surface area contributed by atoms with Crippen LogP contribution in [0.25, 0.3) is 10.8 Å². The number of ether oxygens (including phenoxy) is 1. The maximum Gasteiger partial charge on any atom is 0.260 e. The zero-order chi connectivity index (χ0) is 19.3. The Hall–Kier alpha value is -3.01. The molecule has 0 unspecified atom stereocenters. The van der Waals surface area contributed by atoms with Gasteiger partial charge in [0.05, 0.1) is 0 Å². The molecule has 0 N–H and O–H groups in total. The summed E-state index contributed by atoms with van der Waals surface area (Å²) in [6.07, 6.45) is 2.48. The molecule has 4 nitrogen and oxygen atoms in total. The number of benzene rings is 3. The number of carbonyl (C=O) groups is 1. The van der Waals surface area contributed by atoms with Gasteiger partial charge in [-0.2, -0.15) is 0 Å². The van der Waals surface area contributed by atoms with E-state index in [9.17, 15) is 4.79 Å². The third kappa shape index (κ3) is 4.11. The van der Waals surface area contributed by atoms with Crippen molar-refractivity contribution in [1.82, 2.24) is 4.90 Å². The third-order valence-corrected chi connectivity index (χ3v) is 5.35. The lowest BCUT2D eigenvalue weighted by Crippen LogP contribution is -2.31. The quantitative estimate of drug-likeness (QED) is 0.638. The number of likely N-dealkylation sites (N-methyl/N-ethyl adjacent to an activating group) is 1. The molecule has 0 saturated carbocycles. The van der Waals surface area contributed by atoms with Crippen LogP contribution in [0.3, 0.4) is 0 Å². The van der Waals surface area contributed by atoms with Gasteiger partial charge in [0.2, 0.25) is 0 Å². The van der Waals surface area contributed by atoms with Crippen LogP contribution in [0.2, 0.25) is 0 Å². The molecule has 1 aliphatic rings. The fourth-order valence-electron chi connectivity index (χ4n) is 3.77. The van der Waals surface area contributed by atoms with Gasteiger partial charge in [0.15, 0.2) is 6.61 Å².